The van der Waals surface area contributed by atoms with Crippen LogP contribution in [0, 0.1) is 0 Å². The second-order valence-electron chi connectivity index (χ2n) is 2.67. The summed E-state index contributed by atoms with van der Waals surface area (Å²) in [5.74, 6) is -0.0819. The molecule has 0 fully saturated rings. The zero-order chi connectivity index (χ0) is 10.3. The predicted octanol–water partition coefficient (Wildman–Crippen LogP) is 0.204. The number of carbonyl (C=O) groups excluding carboxylic acids is 1. The number of hydrogen-bond donors (Lipinski definition) is 2. The summed E-state index contributed by atoms with van der Waals surface area (Å²) in [5.41, 5.74) is 5.41. The number of ether oxygens (including phenoxy) is 1. The number of amides is 1. The van der Waals surface area contributed by atoms with Gasteiger partial charge >= 0.3 is 0 Å². The lowest BCUT2D eigenvalue weighted by Gasteiger charge is -2.14. The Morgan fingerprint density at radius 3 is 2.69 bits per heavy atom. The second-order valence-corrected chi connectivity index (χ2v) is 3.14. The van der Waals surface area contributed by atoms with Gasteiger partial charge in [0.1, 0.15) is 0 Å². The zero-order valence-electron chi connectivity index (χ0n) is 8.00. The lowest BCUT2D eigenvalue weighted by molar-refractivity contribution is -0.122. The van der Waals surface area contributed by atoms with E-state index in [0.717, 1.165) is 0 Å². The Kier molecular flexibility index (Phi) is 6.44. The van der Waals surface area contributed by atoms with Gasteiger partial charge in [0, 0.05) is 13.5 Å². The monoisotopic (exact) mass is 204 g/mol. The molecular weight excluding hydrogens is 188 g/mol. The van der Waals surface area contributed by atoms with Crippen LogP contribution in [0.3, 0.4) is 0 Å². The molecule has 0 aliphatic heterocycles. The molecule has 0 saturated carbocycles. The van der Waals surface area contributed by atoms with Crippen LogP contribution in [0.1, 0.15) is 19.8 Å². The molecule has 0 aromatic heterocycles. The van der Waals surface area contributed by atoms with Gasteiger partial charge in [-0.1, -0.05) is 19.1 Å². The van der Waals surface area contributed by atoms with Crippen LogP contribution in [0.25, 0.3) is 0 Å². The summed E-state index contributed by atoms with van der Waals surface area (Å²) in [4.78, 5) is 11.5. The van der Waals surface area contributed by atoms with Crippen molar-refractivity contribution in [1.29, 1.82) is 0 Å². The van der Waals surface area contributed by atoms with Gasteiger partial charge in [0.2, 0.25) is 5.91 Å². The minimum Gasteiger partial charge on any atom is -0.392 e. The SMILES string of the molecule is CCC(NC(=O)CCOC)C(N)=S. The Labute approximate surface area is 83.8 Å². The number of methoxy groups -OCH3 is 1. The van der Waals surface area contributed by atoms with Crippen molar-refractivity contribution < 1.29 is 9.53 Å². The highest BCUT2D eigenvalue weighted by Gasteiger charge is 2.11. The van der Waals surface area contributed by atoms with E-state index >= 15 is 0 Å². The molecule has 0 aromatic carbocycles. The first-order valence-electron chi connectivity index (χ1n) is 4.19. The maximum absolute atomic E-state index is 11.2. The van der Waals surface area contributed by atoms with Crippen LogP contribution < -0.4 is 11.1 Å². The molecule has 0 heterocycles. The summed E-state index contributed by atoms with van der Waals surface area (Å²) in [6.45, 7) is 2.33. The Morgan fingerprint density at radius 1 is 1.69 bits per heavy atom. The Bertz CT molecular complexity index is 185. The van der Waals surface area contributed by atoms with Crippen LogP contribution in [-0.4, -0.2) is 30.7 Å². The molecule has 5 heteroatoms. The maximum atomic E-state index is 11.2. The van der Waals surface area contributed by atoms with Gasteiger partial charge in [0.05, 0.1) is 17.6 Å². The van der Waals surface area contributed by atoms with E-state index in [0.29, 0.717) is 24.4 Å². The number of rotatable bonds is 6. The Hall–Kier alpha value is -0.680. The minimum absolute atomic E-state index is 0.0819. The van der Waals surface area contributed by atoms with E-state index in [1.165, 1.54) is 0 Å². The summed E-state index contributed by atoms with van der Waals surface area (Å²) in [6.07, 6.45) is 1.06. The molecule has 4 nitrogen and oxygen atoms in total. The Balaban J connectivity index is 3.80. The van der Waals surface area contributed by atoms with Crippen LogP contribution in [-0.2, 0) is 9.53 Å². The van der Waals surface area contributed by atoms with Crippen molar-refractivity contribution in [3.05, 3.63) is 0 Å². The molecule has 0 spiro atoms. The molecule has 1 unspecified atom stereocenters. The predicted molar refractivity (Wildman–Crippen MR) is 55.5 cm³/mol. The van der Waals surface area contributed by atoms with Crippen molar-refractivity contribution in [2.45, 2.75) is 25.8 Å². The van der Waals surface area contributed by atoms with E-state index in [1.54, 1.807) is 7.11 Å². The summed E-state index contributed by atoms with van der Waals surface area (Å²) < 4.78 is 4.76. The van der Waals surface area contributed by atoms with Crippen molar-refractivity contribution in [2.24, 2.45) is 5.73 Å². The molecule has 0 rings (SSSR count). The average Bonchev–Trinajstić information content (AvgIpc) is 2.10. The van der Waals surface area contributed by atoms with Gasteiger partial charge in [0.25, 0.3) is 0 Å². The first-order chi connectivity index (χ1) is 6.11. The molecular formula is C8H16N2O2S. The third kappa shape index (κ3) is 5.54. The van der Waals surface area contributed by atoms with E-state index in [-0.39, 0.29) is 11.9 Å². The van der Waals surface area contributed by atoms with Gasteiger partial charge in [-0.2, -0.15) is 0 Å². The van der Waals surface area contributed by atoms with Crippen molar-refractivity contribution >= 4 is 23.1 Å². The van der Waals surface area contributed by atoms with Gasteiger partial charge in [0.15, 0.2) is 0 Å². The number of carbonyl (C=O) groups is 1. The molecule has 0 radical (unpaired) electrons. The molecule has 0 aromatic rings. The molecule has 0 aliphatic carbocycles. The lowest BCUT2D eigenvalue weighted by atomic mass is 10.2. The largest absolute Gasteiger partial charge is 0.392 e. The van der Waals surface area contributed by atoms with Crippen molar-refractivity contribution in [2.75, 3.05) is 13.7 Å². The molecule has 1 atom stereocenters. The lowest BCUT2D eigenvalue weighted by Crippen LogP contribution is -2.43. The summed E-state index contributed by atoms with van der Waals surface area (Å²) in [5, 5.41) is 2.72. The minimum atomic E-state index is -0.195. The highest BCUT2D eigenvalue weighted by atomic mass is 32.1. The van der Waals surface area contributed by atoms with Gasteiger partial charge in [-0.25, -0.2) is 0 Å². The fourth-order valence-corrected chi connectivity index (χ4v) is 1.06. The zero-order valence-corrected chi connectivity index (χ0v) is 8.82. The summed E-state index contributed by atoms with van der Waals surface area (Å²) >= 11 is 4.78. The van der Waals surface area contributed by atoms with Gasteiger partial charge in [-0.15, -0.1) is 0 Å². The van der Waals surface area contributed by atoms with Crippen LogP contribution in [0.5, 0.6) is 0 Å². The van der Waals surface area contributed by atoms with Crippen LogP contribution >= 0.6 is 12.2 Å². The third-order valence-electron chi connectivity index (χ3n) is 1.62. The molecule has 3 N–H and O–H groups in total. The fourth-order valence-electron chi connectivity index (χ4n) is 0.836. The fraction of sp³-hybridized carbons (Fsp3) is 0.750. The molecule has 76 valence electrons. The molecule has 13 heavy (non-hydrogen) atoms. The maximum Gasteiger partial charge on any atom is 0.222 e. The number of nitrogens with two attached hydrogens (primary N) is 1. The van der Waals surface area contributed by atoms with E-state index < -0.39 is 0 Å². The quantitative estimate of drug-likeness (QED) is 0.607. The normalized spacial score (nSPS) is 12.2. The number of nitrogens with one attached hydrogen (secondary N) is 1. The van der Waals surface area contributed by atoms with Gasteiger partial charge in [-0.3, -0.25) is 4.79 Å². The number of thiocarbonyl (C=S) groups is 1. The smallest absolute Gasteiger partial charge is 0.222 e. The van der Waals surface area contributed by atoms with E-state index in [4.69, 9.17) is 22.7 Å². The summed E-state index contributed by atoms with van der Waals surface area (Å²) in [6, 6.07) is -0.195. The number of hydrogen-bond acceptors (Lipinski definition) is 3. The molecule has 0 aliphatic rings. The average molecular weight is 204 g/mol. The second kappa shape index (κ2) is 6.80. The van der Waals surface area contributed by atoms with Crippen molar-refractivity contribution in [3.8, 4) is 0 Å². The third-order valence-corrected chi connectivity index (χ3v) is 1.90. The van der Waals surface area contributed by atoms with Gasteiger partial charge < -0.3 is 15.8 Å². The van der Waals surface area contributed by atoms with E-state index in [9.17, 15) is 4.79 Å². The first-order valence-corrected chi connectivity index (χ1v) is 4.60. The highest BCUT2D eigenvalue weighted by molar-refractivity contribution is 7.80. The van der Waals surface area contributed by atoms with Crippen LogP contribution in [0.15, 0.2) is 0 Å². The van der Waals surface area contributed by atoms with Gasteiger partial charge in [-0.05, 0) is 6.42 Å². The Morgan fingerprint density at radius 2 is 2.31 bits per heavy atom. The van der Waals surface area contributed by atoms with E-state index in [2.05, 4.69) is 5.32 Å². The van der Waals surface area contributed by atoms with Crippen LogP contribution in [0.2, 0.25) is 0 Å². The van der Waals surface area contributed by atoms with Crippen molar-refractivity contribution in [3.63, 3.8) is 0 Å². The van der Waals surface area contributed by atoms with E-state index in [1.807, 2.05) is 6.92 Å². The highest BCUT2D eigenvalue weighted by Crippen LogP contribution is 1.92. The topological polar surface area (TPSA) is 64.3 Å². The summed E-state index contributed by atoms with van der Waals surface area (Å²) in [7, 11) is 1.55. The molecule has 1 amide bonds. The molecule has 0 bridgehead atoms. The molecule has 0 saturated heterocycles. The van der Waals surface area contributed by atoms with Crippen molar-refractivity contribution in [1.82, 2.24) is 5.32 Å². The first kappa shape index (κ1) is 12.3. The standard InChI is InChI=1S/C8H16N2O2S/c1-3-6(8(9)13)10-7(11)4-5-12-2/h6H,3-5H2,1-2H3,(H2,9,13)(H,10,11). The van der Waals surface area contributed by atoms with Crippen LogP contribution in [0.4, 0.5) is 0 Å².